The van der Waals surface area contributed by atoms with Crippen molar-refractivity contribution in [3.63, 3.8) is 0 Å². The molecule has 3 rings (SSSR count). The van der Waals surface area contributed by atoms with Crippen LogP contribution >= 0.6 is 0 Å². The molecule has 0 aromatic heterocycles. The number of nitrogens with one attached hydrogen (secondary N) is 3. The molecule has 178 valence electrons. The van der Waals surface area contributed by atoms with Crippen LogP contribution in [0.2, 0.25) is 0 Å². The number of rotatable bonds is 6. The van der Waals surface area contributed by atoms with Crippen molar-refractivity contribution in [3.8, 4) is 5.75 Å². The van der Waals surface area contributed by atoms with Crippen molar-refractivity contribution in [3.05, 3.63) is 89.5 Å². The summed E-state index contributed by atoms with van der Waals surface area (Å²) in [5, 5.41) is 0. The van der Waals surface area contributed by atoms with Crippen LogP contribution in [0, 0.1) is 0 Å². The molecule has 0 aliphatic heterocycles. The van der Waals surface area contributed by atoms with Crippen molar-refractivity contribution in [1.82, 2.24) is 10.9 Å². The Morgan fingerprint density at radius 3 is 2.15 bits per heavy atom. The Bertz CT molecular complexity index is 1310. The van der Waals surface area contributed by atoms with Gasteiger partial charge in [-0.05, 0) is 54.6 Å². The molecule has 0 saturated heterocycles. The first-order valence-corrected chi connectivity index (χ1v) is 11.0. The summed E-state index contributed by atoms with van der Waals surface area (Å²) in [5.74, 6) is -1.59. The number of hydrogen-bond acceptors (Lipinski definition) is 5. The molecule has 0 bridgehead atoms. The van der Waals surface area contributed by atoms with Gasteiger partial charge in [-0.15, -0.1) is 0 Å². The van der Waals surface area contributed by atoms with Gasteiger partial charge in [0.2, 0.25) is 0 Å². The Kier molecular flexibility index (Phi) is 7.11. The normalized spacial score (nSPS) is 11.4. The van der Waals surface area contributed by atoms with Crippen LogP contribution in [-0.4, -0.2) is 27.3 Å². The molecular formula is C22H18F3N3O5S. The van der Waals surface area contributed by atoms with Crippen molar-refractivity contribution in [1.29, 1.82) is 0 Å². The molecule has 8 nitrogen and oxygen atoms in total. The van der Waals surface area contributed by atoms with Crippen LogP contribution < -0.4 is 20.3 Å². The fourth-order valence-electron chi connectivity index (χ4n) is 2.86. The molecule has 3 N–H and O–H groups in total. The average molecular weight is 493 g/mol. The van der Waals surface area contributed by atoms with Gasteiger partial charge in [0.1, 0.15) is 5.75 Å². The first-order chi connectivity index (χ1) is 16.0. The summed E-state index contributed by atoms with van der Waals surface area (Å²) in [7, 11) is -2.60. The fraction of sp³-hybridized carbons (Fsp3) is 0.0909. The van der Waals surface area contributed by atoms with Crippen molar-refractivity contribution >= 4 is 27.5 Å². The zero-order chi connectivity index (χ0) is 24.9. The lowest BCUT2D eigenvalue weighted by atomic mass is 10.1. The largest absolute Gasteiger partial charge is 0.497 e. The molecule has 0 spiro atoms. The van der Waals surface area contributed by atoms with Crippen LogP contribution in [0.5, 0.6) is 5.75 Å². The zero-order valence-electron chi connectivity index (χ0n) is 17.5. The highest BCUT2D eigenvalue weighted by molar-refractivity contribution is 7.92. The third-order valence-corrected chi connectivity index (χ3v) is 5.89. The minimum Gasteiger partial charge on any atom is -0.497 e. The molecule has 0 aliphatic carbocycles. The fourth-order valence-corrected chi connectivity index (χ4v) is 3.96. The molecule has 0 radical (unpaired) electrons. The highest BCUT2D eigenvalue weighted by Crippen LogP contribution is 2.31. The summed E-state index contributed by atoms with van der Waals surface area (Å²) >= 11 is 0. The second-order valence-corrected chi connectivity index (χ2v) is 8.50. The zero-order valence-corrected chi connectivity index (χ0v) is 18.3. The Balaban J connectivity index is 1.72. The van der Waals surface area contributed by atoms with E-state index in [1.54, 1.807) is 12.1 Å². The van der Waals surface area contributed by atoms with E-state index < -0.39 is 39.1 Å². The van der Waals surface area contributed by atoms with Gasteiger partial charge in [-0.3, -0.25) is 25.2 Å². The number of hydrazine groups is 1. The predicted molar refractivity (Wildman–Crippen MR) is 117 cm³/mol. The number of amides is 2. The van der Waals surface area contributed by atoms with Gasteiger partial charge in [-0.1, -0.05) is 18.2 Å². The Labute approximate surface area is 192 Å². The summed E-state index contributed by atoms with van der Waals surface area (Å²) in [4.78, 5) is 24.3. The summed E-state index contributed by atoms with van der Waals surface area (Å²) in [6.45, 7) is 0. The molecule has 0 unspecified atom stereocenters. The SMILES string of the molecule is COc1ccc(NS(=O)(=O)c2cccc(C(=O)NNC(=O)c3ccccc3C(F)(F)F)c2)cc1. The van der Waals surface area contributed by atoms with E-state index in [-0.39, 0.29) is 16.1 Å². The number of sulfonamides is 1. The predicted octanol–water partition coefficient (Wildman–Crippen LogP) is 3.59. The molecular weight excluding hydrogens is 475 g/mol. The second kappa shape index (κ2) is 9.83. The van der Waals surface area contributed by atoms with Crippen molar-refractivity contribution in [2.75, 3.05) is 11.8 Å². The molecule has 0 saturated carbocycles. The van der Waals surface area contributed by atoms with Crippen LogP contribution in [0.1, 0.15) is 26.3 Å². The van der Waals surface area contributed by atoms with E-state index in [1.807, 2.05) is 10.9 Å². The average Bonchev–Trinajstić information content (AvgIpc) is 2.82. The van der Waals surface area contributed by atoms with Gasteiger partial charge in [0.15, 0.2) is 0 Å². The summed E-state index contributed by atoms with van der Waals surface area (Å²) in [5.41, 5.74) is 2.14. The van der Waals surface area contributed by atoms with Gasteiger partial charge < -0.3 is 4.74 Å². The molecule has 0 aliphatic rings. The Hall–Kier alpha value is -4.06. The van der Waals surface area contributed by atoms with Crippen LogP contribution in [0.4, 0.5) is 18.9 Å². The van der Waals surface area contributed by atoms with Crippen molar-refractivity contribution in [2.45, 2.75) is 11.1 Å². The van der Waals surface area contributed by atoms with Crippen molar-refractivity contribution < 1.29 is 35.9 Å². The first kappa shape index (κ1) is 24.6. The van der Waals surface area contributed by atoms with E-state index in [9.17, 15) is 31.2 Å². The highest BCUT2D eigenvalue weighted by Gasteiger charge is 2.34. The van der Waals surface area contributed by atoms with E-state index in [4.69, 9.17) is 4.74 Å². The smallest absolute Gasteiger partial charge is 0.417 e. The van der Waals surface area contributed by atoms with Crippen LogP contribution in [-0.2, 0) is 16.2 Å². The number of ether oxygens (including phenoxy) is 1. The lowest BCUT2D eigenvalue weighted by Crippen LogP contribution is -2.42. The lowest BCUT2D eigenvalue weighted by Gasteiger charge is -2.13. The maximum absolute atomic E-state index is 13.1. The summed E-state index contributed by atoms with van der Waals surface area (Å²) in [6.07, 6.45) is -4.77. The van der Waals surface area contributed by atoms with Gasteiger partial charge >= 0.3 is 6.18 Å². The van der Waals surface area contributed by atoms with Crippen molar-refractivity contribution in [2.24, 2.45) is 0 Å². The topological polar surface area (TPSA) is 114 Å². The second-order valence-electron chi connectivity index (χ2n) is 6.81. The van der Waals surface area contributed by atoms with Crippen LogP contribution in [0.15, 0.2) is 77.7 Å². The molecule has 12 heteroatoms. The maximum atomic E-state index is 13.1. The Morgan fingerprint density at radius 2 is 1.50 bits per heavy atom. The van der Waals surface area contributed by atoms with Crippen LogP contribution in [0.25, 0.3) is 0 Å². The standard InChI is InChI=1S/C22H18F3N3O5S/c1-33-16-11-9-15(10-12-16)28-34(31,32)17-6-4-5-14(13-17)20(29)26-27-21(30)18-7-2-3-8-19(18)22(23,24)25/h2-13,28H,1H3,(H,26,29)(H,27,30). The van der Waals surface area contributed by atoms with Gasteiger partial charge in [-0.2, -0.15) is 13.2 Å². The number of methoxy groups -OCH3 is 1. The van der Waals surface area contributed by atoms with E-state index in [0.717, 1.165) is 24.3 Å². The number of alkyl halides is 3. The third kappa shape index (κ3) is 5.84. The minimum absolute atomic E-state index is 0.151. The molecule has 34 heavy (non-hydrogen) atoms. The minimum atomic E-state index is -4.77. The molecule has 3 aromatic carbocycles. The van der Waals surface area contributed by atoms with E-state index >= 15 is 0 Å². The van der Waals surface area contributed by atoms with Gasteiger partial charge in [0, 0.05) is 11.3 Å². The number of carbonyl (C=O) groups excluding carboxylic acids is 2. The lowest BCUT2D eigenvalue weighted by molar-refractivity contribution is -0.137. The highest BCUT2D eigenvalue weighted by atomic mass is 32.2. The molecule has 0 fully saturated rings. The van der Waals surface area contributed by atoms with E-state index in [1.165, 1.54) is 43.5 Å². The number of hydrogen-bond donors (Lipinski definition) is 3. The van der Waals surface area contributed by atoms with Gasteiger partial charge in [0.25, 0.3) is 21.8 Å². The summed E-state index contributed by atoms with van der Waals surface area (Å²) in [6, 6.07) is 15.0. The monoisotopic (exact) mass is 493 g/mol. The maximum Gasteiger partial charge on any atom is 0.417 e. The molecule has 2 amide bonds. The molecule has 3 aromatic rings. The first-order valence-electron chi connectivity index (χ1n) is 9.55. The molecule has 0 heterocycles. The number of anilines is 1. The van der Waals surface area contributed by atoms with Gasteiger partial charge in [-0.25, -0.2) is 8.42 Å². The third-order valence-electron chi connectivity index (χ3n) is 4.52. The van der Waals surface area contributed by atoms with Crippen LogP contribution in [0.3, 0.4) is 0 Å². The Morgan fingerprint density at radius 1 is 0.853 bits per heavy atom. The number of carbonyl (C=O) groups is 2. The number of halogens is 3. The van der Waals surface area contributed by atoms with Gasteiger partial charge in [0.05, 0.1) is 23.1 Å². The molecule has 0 atom stereocenters. The van der Waals surface area contributed by atoms with E-state index in [0.29, 0.717) is 5.75 Å². The quantitative estimate of drug-likeness (QED) is 0.454. The number of benzene rings is 3. The summed E-state index contributed by atoms with van der Waals surface area (Å²) < 4.78 is 71.9. The van der Waals surface area contributed by atoms with E-state index in [2.05, 4.69) is 4.72 Å².